The topological polar surface area (TPSA) is 49.1 Å². The minimum Gasteiger partial charge on any atom is -0.496 e. The number of rotatable bonds is 4. The molecule has 6 heteroatoms. The van der Waals surface area contributed by atoms with Crippen LogP contribution >= 0.6 is 0 Å². The van der Waals surface area contributed by atoms with Crippen molar-refractivity contribution in [3.05, 3.63) is 69.1 Å². The molecule has 1 atom stereocenters. The molecule has 0 saturated carbocycles. The van der Waals surface area contributed by atoms with E-state index in [1.54, 1.807) is 14.2 Å². The highest BCUT2D eigenvalue weighted by Gasteiger charge is 2.50. The molecule has 0 spiro atoms. The van der Waals surface area contributed by atoms with Gasteiger partial charge in [-0.15, -0.1) is 0 Å². The highest BCUT2D eigenvalue weighted by Crippen LogP contribution is 2.47. The fourth-order valence-electron chi connectivity index (χ4n) is 4.74. The number of carbonyl (C=O) groups is 1. The number of carbonyl (C=O) groups excluding carboxylic acids is 1. The fraction of sp³-hybridized carbons (Fsp3) is 0.462. The van der Waals surface area contributed by atoms with Gasteiger partial charge in [-0.05, 0) is 63.5 Å². The average molecular weight is 452 g/mol. The van der Waals surface area contributed by atoms with Gasteiger partial charge in [0.15, 0.2) is 14.1 Å². The number of ether oxygens (including phenoxy) is 2. The Morgan fingerprint density at radius 1 is 0.906 bits per heavy atom. The third-order valence-electron chi connectivity index (χ3n) is 6.02. The van der Waals surface area contributed by atoms with E-state index in [1.807, 2.05) is 38.1 Å². The van der Waals surface area contributed by atoms with Gasteiger partial charge < -0.3 is 13.9 Å². The number of fused-ring (bicyclic) bond motifs is 2. The summed E-state index contributed by atoms with van der Waals surface area (Å²) in [6.45, 7) is 18.0. The lowest BCUT2D eigenvalue weighted by atomic mass is 10.0. The lowest BCUT2D eigenvalue weighted by Gasteiger charge is -2.26. The molecule has 1 unspecified atom stereocenters. The van der Waals surface area contributed by atoms with Crippen LogP contribution in [-0.4, -0.2) is 28.3 Å². The molecule has 0 bridgehead atoms. The van der Waals surface area contributed by atoms with Crippen LogP contribution in [0.3, 0.4) is 0 Å². The second kappa shape index (κ2) is 9.09. The summed E-state index contributed by atoms with van der Waals surface area (Å²) in [5.41, 5.74) is 5.53. The quantitative estimate of drug-likeness (QED) is 0.422. The molecular formula is C26H33NO4Si. The maximum atomic E-state index is 11.4. The molecule has 0 radical (unpaired) electrons. The molecule has 4 rings (SSSR count). The van der Waals surface area contributed by atoms with Crippen molar-refractivity contribution < 1.29 is 18.7 Å². The van der Waals surface area contributed by atoms with Gasteiger partial charge in [-0.25, -0.2) is 6.57 Å². The Morgan fingerprint density at radius 3 is 2.06 bits per heavy atom. The third-order valence-corrected chi connectivity index (χ3v) is 6.97. The molecule has 32 heavy (non-hydrogen) atoms. The number of methoxy groups -OCH3 is 2. The van der Waals surface area contributed by atoms with Crippen molar-refractivity contribution in [3.63, 3.8) is 0 Å². The van der Waals surface area contributed by atoms with E-state index in [9.17, 15) is 4.79 Å². The van der Waals surface area contributed by atoms with E-state index < -0.39 is 14.0 Å². The summed E-state index contributed by atoms with van der Waals surface area (Å²) < 4.78 is 17.0. The minimum atomic E-state index is -1.78. The number of hydrogen-bond acceptors (Lipinski definition) is 4. The zero-order valence-corrected chi connectivity index (χ0v) is 21.2. The second-order valence-corrected chi connectivity index (χ2v) is 13.8. The van der Waals surface area contributed by atoms with Crippen LogP contribution in [0.15, 0.2) is 24.3 Å². The Bertz CT molecular complexity index is 1080. The number of benzene rings is 2. The van der Waals surface area contributed by atoms with Gasteiger partial charge in [0.2, 0.25) is 0 Å². The molecule has 0 amide bonds. The van der Waals surface area contributed by atoms with Crippen molar-refractivity contribution in [1.29, 1.82) is 0 Å². The Morgan fingerprint density at radius 2 is 1.50 bits per heavy atom. The van der Waals surface area contributed by atoms with Gasteiger partial charge in [0.05, 0.1) is 26.2 Å². The maximum absolute atomic E-state index is 11.4. The maximum Gasteiger partial charge on any atom is 0.355 e. The largest absolute Gasteiger partial charge is 0.496 e. The first-order chi connectivity index (χ1) is 15.1. The van der Waals surface area contributed by atoms with E-state index in [0.29, 0.717) is 6.42 Å². The normalized spacial score (nSPS) is 18.9. The lowest BCUT2D eigenvalue weighted by molar-refractivity contribution is 0.0994. The Labute approximate surface area is 192 Å². The van der Waals surface area contributed by atoms with E-state index in [0.717, 1.165) is 64.1 Å². The molecule has 2 aliphatic carbocycles. The van der Waals surface area contributed by atoms with Gasteiger partial charge in [-0.2, -0.15) is 0 Å². The first-order valence-corrected chi connectivity index (χ1v) is 14.4. The van der Waals surface area contributed by atoms with Crippen LogP contribution in [0.2, 0.25) is 19.6 Å². The molecule has 2 aromatic carbocycles. The summed E-state index contributed by atoms with van der Waals surface area (Å²) in [5, 5.41) is 0. The summed E-state index contributed by atoms with van der Waals surface area (Å²) in [5.74, 6) is 2.05. The van der Waals surface area contributed by atoms with E-state index in [-0.39, 0.29) is 5.78 Å². The monoisotopic (exact) mass is 451 g/mol. The summed E-state index contributed by atoms with van der Waals surface area (Å²) in [4.78, 5) is 15.2. The van der Waals surface area contributed by atoms with Crippen molar-refractivity contribution in [2.75, 3.05) is 14.2 Å². The van der Waals surface area contributed by atoms with Crippen LogP contribution in [0.5, 0.6) is 11.5 Å². The molecule has 170 valence electrons. The SMILES string of the molecule is COc1c(C)ccc2c1CCC2=O.[C-]#[N+]C1(O[Si](C)(C)C)CCc2c1ccc(C)c2OC. The summed E-state index contributed by atoms with van der Waals surface area (Å²) in [7, 11) is 1.57. The van der Waals surface area contributed by atoms with E-state index in [1.165, 1.54) is 0 Å². The van der Waals surface area contributed by atoms with Gasteiger partial charge in [-0.3, -0.25) is 9.64 Å². The van der Waals surface area contributed by atoms with Crippen molar-refractivity contribution in [2.24, 2.45) is 0 Å². The predicted molar refractivity (Wildman–Crippen MR) is 129 cm³/mol. The number of hydrogen-bond donors (Lipinski definition) is 0. The average Bonchev–Trinajstić information content (AvgIpc) is 3.28. The fourth-order valence-corrected chi connectivity index (χ4v) is 6.01. The smallest absolute Gasteiger partial charge is 0.355 e. The van der Waals surface area contributed by atoms with Gasteiger partial charge in [0, 0.05) is 23.1 Å². The summed E-state index contributed by atoms with van der Waals surface area (Å²) in [6, 6.07) is 7.91. The van der Waals surface area contributed by atoms with Crippen LogP contribution in [0.25, 0.3) is 4.85 Å². The van der Waals surface area contributed by atoms with Crippen LogP contribution in [0.1, 0.15) is 51.0 Å². The van der Waals surface area contributed by atoms with Gasteiger partial charge in [-0.1, -0.05) is 18.2 Å². The third kappa shape index (κ3) is 4.46. The zero-order chi connectivity index (χ0) is 23.7. The van der Waals surface area contributed by atoms with Crippen LogP contribution in [0, 0.1) is 20.4 Å². The summed E-state index contributed by atoms with van der Waals surface area (Å²) in [6.07, 6.45) is 3.05. The molecule has 5 nitrogen and oxygen atoms in total. The number of Topliss-reactive ketones (excluding diaryl/α,β-unsaturated/α-hetero) is 1. The van der Waals surface area contributed by atoms with Crippen LogP contribution in [-0.2, 0) is 23.0 Å². The molecule has 0 aliphatic heterocycles. The molecule has 0 N–H and O–H groups in total. The molecule has 0 heterocycles. The first kappa shape index (κ1) is 24.0. The second-order valence-electron chi connectivity index (χ2n) is 9.42. The standard InChI is InChI=1S/C15H21NO2Si.C11H12O2/c1-11-7-8-13-12(14(11)17-3)9-10-15(13,16-2)18-19(4,5)6;1-7-3-4-8-9(11(7)13-2)5-6-10(8)12/h7-8H,9-10H2,1,3-6H3;3-4H,5-6H2,1-2H3. The van der Waals surface area contributed by atoms with E-state index in [2.05, 4.69) is 24.5 Å². The van der Waals surface area contributed by atoms with Crippen LogP contribution < -0.4 is 9.47 Å². The number of aryl methyl sites for hydroxylation is 2. The first-order valence-electron chi connectivity index (χ1n) is 11.0. The Balaban J connectivity index is 0.000000193. The molecule has 0 aromatic heterocycles. The summed E-state index contributed by atoms with van der Waals surface area (Å²) >= 11 is 0. The van der Waals surface area contributed by atoms with Gasteiger partial charge in [0.25, 0.3) is 0 Å². The molecule has 0 fully saturated rings. The highest BCUT2D eigenvalue weighted by atomic mass is 28.4. The number of nitrogens with zero attached hydrogens (tertiary/aromatic N) is 1. The number of ketones is 1. The Kier molecular flexibility index (Phi) is 6.82. The van der Waals surface area contributed by atoms with Crippen molar-refractivity contribution in [1.82, 2.24) is 0 Å². The molecular weight excluding hydrogens is 418 g/mol. The predicted octanol–water partition coefficient (Wildman–Crippen LogP) is 6.01. The molecule has 0 saturated heterocycles. The van der Waals surface area contributed by atoms with Crippen LogP contribution in [0.4, 0.5) is 0 Å². The van der Waals surface area contributed by atoms with E-state index >= 15 is 0 Å². The zero-order valence-electron chi connectivity index (χ0n) is 20.2. The lowest BCUT2D eigenvalue weighted by Crippen LogP contribution is -2.37. The Hall–Kier alpha value is -2.62. The molecule has 2 aromatic rings. The molecule has 2 aliphatic rings. The van der Waals surface area contributed by atoms with Crippen molar-refractivity contribution in [3.8, 4) is 11.5 Å². The van der Waals surface area contributed by atoms with E-state index in [4.69, 9.17) is 20.5 Å². The minimum absolute atomic E-state index is 0.244. The van der Waals surface area contributed by atoms with Gasteiger partial charge in [0.1, 0.15) is 11.5 Å². The van der Waals surface area contributed by atoms with Gasteiger partial charge >= 0.3 is 5.72 Å². The van der Waals surface area contributed by atoms with Crippen molar-refractivity contribution >= 4 is 14.1 Å². The van der Waals surface area contributed by atoms with Crippen molar-refractivity contribution in [2.45, 2.75) is 64.9 Å². The highest BCUT2D eigenvalue weighted by molar-refractivity contribution is 6.69.